The molecule has 5 amide bonds. The summed E-state index contributed by atoms with van der Waals surface area (Å²) in [7, 11) is 0. The molecular formula is C21H37N5O5. The van der Waals surface area contributed by atoms with E-state index in [0.717, 1.165) is 0 Å². The van der Waals surface area contributed by atoms with Crippen molar-refractivity contribution in [2.45, 2.75) is 84.5 Å². The van der Waals surface area contributed by atoms with Gasteiger partial charge >= 0.3 is 0 Å². The normalized spacial score (nSPS) is 18.9. The number of nitrogens with one attached hydrogen (secondary N) is 3. The Hall–Kier alpha value is -2.65. The molecule has 1 aliphatic heterocycles. The molecule has 4 unspecified atom stereocenters. The zero-order chi connectivity index (χ0) is 23.7. The maximum absolute atomic E-state index is 13.3. The number of nitrogens with two attached hydrogens (primary N) is 1. The van der Waals surface area contributed by atoms with Gasteiger partial charge in [0.1, 0.15) is 24.2 Å². The Balaban J connectivity index is 2.96. The van der Waals surface area contributed by atoms with Crippen LogP contribution in [-0.2, 0) is 24.0 Å². The van der Waals surface area contributed by atoms with Gasteiger partial charge in [-0.2, -0.15) is 0 Å². The van der Waals surface area contributed by atoms with E-state index in [2.05, 4.69) is 16.0 Å². The first-order chi connectivity index (χ1) is 14.5. The zero-order valence-corrected chi connectivity index (χ0v) is 19.1. The highest BCUT2D eigenvalue weighted by atomic mass is 16.2. The summed E-state index contributed by atoms with van der Waals surface area (Å²) in [6.07, 6.45) is 2.66. The van der Waals surface area contributed by atoms with Crippen molar-refractivity contribution in [1.82, 2.24) is 20.9 Å². The van der Waals surface area contributed by atoms with Gasteiger partial charge in [0.05, 0.1) is 0 Å². The van der Waals surface area contributed by atoms with Crippen LogP contribution >= 0.6 is 0 Å². The Morgan fingerprint density at radius 1 is 1.06 bits per heavy atom. The smallest absolute Gasteiger partial charge is 0.246 e. The third kappa shape index (κ3) is 7.22. The molecule has 0 bridgehead atoms. The Labute approximate surface area is 184 Å². The standard InChI is InChI=1S/C21H37N5O5/c1-6-8-14(18(22)28)24-19(29)15-9-7-10-26(15)21(31)17(13(4)5)25-20(30)16(12(2)3)23-11-27/h11-17H,6-10H2,1-5H3,(H2,22,28)(H,23,27)(H,24,29)(H,25,30). The third-order valence-corrected chi connectivity index (χ3v) is 5.50. The van der Waals surface area contributed by atoms with Crippen LogP contribution in [0, 0.1) is 11.8 Å². The number of hydrogen-bond acceptors (Lipinski definition) is 5. The van der Waals surface area contributed by atoms with Gasteiger partial charge in [0.25, 0.3) is 0 Å². The predicted molar refractivity (Wildman–Crippen MR) is 115 cm³/mol. The Kier molecular flexibility index (Phi) is 10.4. The molecule has 1 aliphatic rings. The Morgan fingerprint density at radius 2 is 1.68 bits per heavy atom. The first-order valence-electron chi connectivity index (χ1n) is 10.9. The average Bonchev–Trinajstić information content (AvgIpc) is 3.18. The van der Waals surface area contributed by atoms with Crippen LogP contribution in [0.2, 0.25) is 0 Å². The first kappa shape index (κ1) is 26.4. The summed E-state index contributed by atoms with van der Waals surface area (Å²) in [5, 5.41) is 7.88. The maximum Gasteiger partial charge on any atom is 0.246 e. The van der Waals surface area contributed by atoms with Crippen LogP contribution in [0.3, 0.4) is 0 Å². The number of rotatable bonds is 12. The minimum Gasteiger partial charge on any atom is -0.368 e. The monoisotopic (exact) mass is 439 g/mol. The number of carbonyl (C=O) groups is 5. The zero-order valence-electron chi connectivity index (χ0n) is 19.1. The van der Waals surface area contributed by atoms with E-state index in [1.165, 1.54) is 4.90 Å². The number of hydrogen-bond donors (Lipinski definition) is 4. The van der Waals surface area contributed by atoms with E-state index in [-0.39, 0.29) is 17.7 Å². The number of nitrogens with zero attached hydrogens (tertiary/aromatic N) is 1. The second kappa shape index (κ2) is 12.3. The van der Waals surface area contributed by atoms with Crippen LogP contribution in [0.15, 0.2) is 0 Å². The van der Waals surface area contributed by atoms with Crippen LogP contribution in [-0.4, -0.2) is 65.7 Å². The fourth-order valence-corrected chi connectivity index (χ4v) is 3.72. The van der Waals surface area contributed by atoms with E-state index in [0.29, 0.717) is 38.6 Å². The fraction of sp³-hybridized carbons (Fsp3) is 0.762. The van der Waals surface area contributed by atoms with Crippen LogP contribution in [0.25, 0.3) is 0 Å². The van der Waals surface area contributed by atoms with Gasteiger partial charge in [0.2, 0.25) is 30.0 Å². The van der Waals surface area contributed by atoms with E-state index in [1.807, 2.05) is 6.92 Å². The summed E-state index contributed by atoms with van der Waals surface area (Å²) in [6, 6.07) is -3.12. The topological polar surface area (TPSA) is 151 Å². The minimum atomic E-state index is -0.849. The molecule has 1 heterocycles. The van der Waals surface area contributed by atoms with Gasteiger partial charge in [-0.05, 0) is 31.1 Å². The Morgan fingerprint density at radius 3 is 2.16 bits per heavy atom. The molecule has 0 radical (unpaired) electrons. The van der Waals surface area contributed by atoms with E-state index >= 15 is 0 Å². The van der Waals surface area contributed by atoms with Crippen molar-refractivity contribution in [2.75, 3.05) is 6.54 Å². The van der Waals surface area contributed by atoms with Crippen molar-refractivity contribution in [2.24, 2.45) is 17.6 Å². The highest BCUT2D eigenvalue weighted by Crippen LogP contribution is 2.21. The lowest BCUT2D eigenvalue weighted by Gasteiger charge is -2.32. The summed E-state index contributed by atoms with van der Waals surface area (Å²) >= 11 is 0. The fourth-order valence-electron chi connectivity index (χ4n) is 3.72. The molecule has 1 rings (SSSR count). The molecule has 0 saturated carbocycles. The predicted octanol–water partition coefficient (Wildman–Crippen LogP) is -0.341. The lowest BCUT2D eigenvalue weighted by atomic mass is 9.99. The van der Waals surface area contributed by atoms with Gasteiger partial charge in [-0.25, -0.2) is 0 Å². The van der Waals surface area contributed by atoms with Gasteiger partial charge in [-0.15, -0.1) is 0 Å². The van der Waals surface area contributed by atoms with E-state index in [9.17, 15) is 24.0 Å². The highest BCUT2D eigenvalue weighted by molar-refractivity contribution is 5.95. The van der Waals surface area contributed by atoms with Gasteiger partial charge < -0.3 is 26.6 Å². The van der Waals surface area contributed by atoms with E-state index in [1.54, 1.807) is 27.7 Å². The second-order valence-corrected chi connectivity index (χ2v) is 8.68. The number of primary amides is 1. The highest BCUT2D eigenvalue weighted by Gasteiger charge is 2.40. The molecule has 10 heteroatoms. The quantitative estimate of drug-likeness (QED) is 0.307. The average molecular weight is 440 g/mol. The van der Waals surface area contributed by atoms with Crippen LogP contribution in [0.4, 0.5) is 0 Å². The molecule has 0 aromatic rings. The summed E-state index contributed by atoms with van der Waals surface area (Å²) in [5.41, 5.74) is 5.37. The van der Waals surface area contributed by atoms with Crippen molar-refractivity contribution in [1.29, 1.82) is 0 Å². The van der Waals surface area contributed by atoms with Crippen molar-refractivity contribution >= 4 is 30.0 Å². The summed E-state index contributed by atoms with van der Waals surface area (Å²) in [4.78, 5) is 62.7. The van der Waals surface area contributed by atoms with Gasteiger partial charge in [0, 0.05) is 6.54 Å². The van der Waals surface area contributed by atoms with E-state index < -0.39 is 41.9 Å². The molecule has 0 aromatic heterocycles. The molecule has 0 spiro atoms. The minimum absolute atomic E-state index is 0.164. The van der Waals surface area contributed by atoms with Gasteiger partial charge in [-0.3, -0.25) is 24.0 Å². The van der Waals surface area contributed by atoms with Crippen LogP contribution < -0.4 is 21.7 Å². The third-order valence-electron chi connectivity index (χ3n) is 5.50. The molecule has 4 atom stereocenters. The molecule has 1 fully saturated rings. The van der Waals surface area contributed by atoms with Crippen molar-refractivity contribution in [3.63, 3.8) is 0 Å². The van der Waals surface area contributed by atoms with Crippen molar-refractivity contribution in [3.05, 3.63) is 0 Å². The number of likely N-dealkylation sites (tertiary alicyclic amines) is 1. The molecule has 1 saturated heterocycles. The van der Waals surface area contributed by atoms with E-state index in [4.69, 9.17) is 5.73 Å². The Bertz CT molecular complexity index is 667. The van der Waals surface area contributed by atoms with Crippen LogP contribution in [0.5, 0.6) is 0 Å². The molecule has 31 heavy (non-hydrogen) atoms. The molecule has 0 aliphatic carbocycles. The SMILES string of the molecule is CCCC(NC(=O)C1CCCN1C(=O)C(NC(=O)C(NC=O)C(C)C)C(C)C)C(N)=O. The molecule has 176 valence electrons. The lowest BCUT2D eigenvalue weighted by molar-refractivity contribution is -0.143. The summed E-state index contributed by atoms with van der Waals surface area (Å²) in [5.74, 6) is -2.24. The molecule has 5 N–H and O–H groups in total. The molecular weight excluding hydrogens is 402 g/mol. The maximum atomic E-state index is 13.3. The first-order valence-corrected chi connectivity index (χ1v) is 10.9. The van der Waals surface area contributed by atoms with Gasteiger partial charge in [0.15, 0.2) is 0 Å². The second-order valence-electron chi connectivity index (χ2n) is 8.68. The number of amides is 5. The number of carbonyl (C=O) groups excluding carboxylic acids is 5. The molecule has 10 nitrogen and oxygen atoms in total. The lowest BCUT2D eigenvalue weighted by Crippen LogP contribution is -2.59. The summed E-state index contributed by atoms with van der Waals surface area (Å²) in [6.45, 7) is 9.45. The van der Waals surface area contributed by atoms with Crippen molar-refractivity contribution in [3.8, 4) is 0 Å². The summed E-state index contributed by atoms with van der Waals surface area (Å²) < 4.78 is 0. The molecule has 0 aromatic carbocycles. The van der Waals surface area contributed by atoms with Gasteiger partial charge in [-0.1, -0.05) is 41.0 Å². The largest absolute Gasteiger partial charge is 0.368 e. The van der Waals surface area contributed by atoms with Crippen LogP contribution in [0.1, 0.15) is 60.3 Å². The van der Waals surface area contributed by atoms with Crippen molar-refractivity contribution < 1.29 is 24.0 Å².